The molecule has 0 aliphatic carbocycles. The molecule has 2 nitrogen and oxygen atoms in total. The van der Waals surface area contributed by atoms with Gasteiger partial charge in [0.2, 0.25) is 0 Å². The maximum absolute atomic E-state index is 2.53. The average molecular weight is 1030 g/mol. The summed E-state index contributed by atoms with van der Waals surface area (Å²) >= 11 is 3.75. The largest absolute Gasteiger partial charge is 0.308 e. The Kier molecular flexibility index (Phi) is 10.3. The van der Waals surface area contributed by atoms with Gasteiger partial charge in [-0.25, -0.2) is 0 Å². The summed E-state index contributed by atoms with van der Waals surface area (Å²) in [6, 6.07) is 104. The molecule has 0 aliphatic heterocycles. The normalized spacial score (nSPS) is 11.8. The molecule has 364 valence electrons. The van der Waals surface area contributed by atoms with Crippen molar-refractivity contribution >= 4 is 151 Å². The summed E-state index contributed by atoms with van der Waals surface area (Å²) in [5.74, 6) is 0. The minimum absolute atomic E-state index is 1.10. The van der Waals surface area contributed by atoms with Gasteiger partial charge < -0.3 is 9.80 Å². The molecule has 16 aromatic rings. The number of hydrogen-bond acceptors (Lipinski definition) is 4. The van der Waals surface area contributed by atoms with Gasteiger partial charge in [-0.15, -0.1) is 22.7 Å². The molecular weight excluding hydrogens is 981 g/mol. The zero-order valence-electron chi connectivity index (χ0n) is 42.3. The maximum atomic E-state index is 2.53. The van der Waals surface area contributed by atoms with Gasteiger partial charge in [0.1, 0.15) is 0 Å². The van der Waals surface area contributed by atoms with Crippen molar-refractivity contribution in [3.63, 3.8) is 0 Å². The molecule has 4 heteroatoms. The highest BCUT2D eigenvalue weighted by molar-refractivity contribution is 7.26. The topological polar surface area (TPSA) is 6.48 Å². The van der Waals surface area contributed by atoms with Gasteiger partial charge in [0.25, 0.3) is 0 Å². The monoisotopic (exact) mass is 1030 g/mol. The second-order valence-corrected chi connectivity index (χ2v) is 22.4. The molecule has 0 N–H and O–H groups in total. The fourth-order valence-corrected chi connectivity index (χ4v) is 14.9. The second-order valence-electron chi connectivity index (χ2n) is 20.3. The van der Waals surface area contributed by atoms with Crippen LogP contribution in [-0.2, 0) is 0 Å². The fraction of sp³-hybridized carbons (Fsp3) is 0. The number of anilines is 6. The van der Waals surface area contributed by atoms with Gasteiger partial charge in [-0.05, 0) is 126 Å². The Bertz CT molecular complexity index is 4720. The number of nitrogens with zero attached hydrogens (tertiary/aromatic N) is 2. The summed E-state index contributed by atoms with van der Waals surface area (Å²) in [4.78, 5) is 5.06. The van der Waals surface area contributed by atoms with E-state index in [9.17, 15) is 0 Å². The van der Waals surface area contributed by atoms with Gasteiger partial charge in [0, 0.05) is 53.1 Å². The quantitative estimate of drug-likeness (QED) is 0.140. The Hall–Kier alpha value is -9.58. The van der Waals surface area contributed by atoms with Gasteiger partial charge >= 0.3 is 0 Å². The van der Waals surface area contributed by atoms with E-state index in [0.717, 1.165) is 34.1 Å². The van der Waals surface area contributed by atoms with Crippen molar-refractivity contribution in [2.24, 2.45) is 0 Å². The average Bonchev–Trinajstić information content (AvgIpc) is 4.15. The maximum Gasteiger partial charge on any atom is 0.0640 e. The van der Waals surface area contributed by atoms with E-state index in [1.807, 2.05) is 22.7 Å². The lowest BCUT2D eigenvalue weighted by Gasteiger charge is -2.30. The van der Waals surface area contributed by atoms with Crippen LogP contribution in [0.5, 0.6) is 0 Å². The lowest BCUT2D eigenvalue weighted by atomic mass is 9.93. The van der Waals surface area contributed by atoms with E-state index in [2.05, 4.69) is 289 Å². The Labute approximate surface area is 459 Å². The van der Waals surface area contributed by atoms with Crippen LogP contribution in [0.2, 0.25) is 0 Å². The molecule has 0 saturated carbocycles. The third-order valence-corrected chi connectivity index (χ3v) is 18.4. The first-order valence-electron chi connectivity index (χ1n) is 26.6. The predicted octanol–water partition coefficient (Wildman–Crippen LogP) is 22.5. The summed E-state index contributed by atoms with van der Waals surface area (Å²) in [5.41, 5.74) is 11.6. The highest BCUT2D eigenvalue weighted by Crippen LogP contribution is 2.52. The van der Waals surface area contributed by atoms with Crippen LogP contribution in [0.4, 0.5) is 34.1 Å². The van der Waals surface area contributed by atoms with Gasteiger partial charge in [-0.2, -0.15) is 0 Å². The van der Waals surface area contributed by atoms with Crippen molar-refractivity contribution in [2.45, 2.75) is 0 Å². The predicted molar refractivity (Wildman–Crippen MR) is 340 cm³/mol. The van der Waals surface area contributed by atoms with Crippen molar-refractivity contribution in [3.8, 4) is 22.3 Å². The molecule has 0 unspecified atom stereocenters. The van der Waals surface area contributed by atoms with Crippen molar-refractivity contribution in [3.05, 3.63) is 279 Å². The van der Waals surface area contributed by atoms with Gasteiger partial charge in [0.05, 0.1) is 32.1 Å². The van der Waals surface area contributed by atoms with E-state index in [0.29, 0.717) is 0 Å². The Morgan fingerprint density at radius 3 is 0.987 bits per heavy atom. The van der Waals surface area contributed by atoms with E-state index < -0.39 is 0 Å². The number of benzene rings is 14. The number of thiophene rings is 2. The van der Waals surface area contributed by atoms with Crippen molar-refractivity contribution in [1.82, 2.24) is 0 Å². The number of rotatable bonds is 8. The smallest absolute Gasteiger partial charge is 0.0640 e. The molecule has 0 fully saturated rings. The molecule has 0 amide bonds. The first kappa shape index (κ1) is 44.7. The molecule has 0 bridgehead atoms. The highest BCUT2D eigenvalue weighted by Gasteiger charge is 2.25. The summed E-state index contributed by atoms with van der Waals surface area (Å²) in [6.07, 6.45) is 0. The SMILES string of the molecule is c1ccc2c(-c3ccc(N(c4cc5c6ccccc6c(N(c6ccc(-c7cccc8ccccc78)cc6)c6cccc7c6sc6ccccc67)cc5c5ccccc45)c4cccc5c4sc4ccccc45)cc3)cccc2c1. The Morgan fingerprint density at radius 2 is 0.551 bits per heavy atom. The highest BCUT2D eigenvalue weighted by atomic mass is 32.1. The molecular formula is C74H46N2S2. The summed E-state index contributed by atoms with van der Waals surface area (Å²) in [5, 5.41) is 17.3. The first-order valence-corrected chi connectivity index (χ1v) is 28.3. The van der Waals surface area contributed by atoms with Crippen LogP contribution in [0.3, 0.4) is 0 Å². The number of fused-ring (bicyclic) bond motifs is 13. The lowest BCUT2D eigenvalue weighted by molar-refractivity contribution is 1.32. The summed E-state index contributed by atoms with van der Waals surface area (Å²) in [7, 11) is 0. The van der Waals surface area contributed by atoms with Crippen LogP contribution in [0.15, 0.2) is 279 Å². The minimum Gasteiger partial charge on any atom is -0.308 e. The van der Waals surface area contributed by atoms with E-state index in [1.54, 1.807) is 0 Å². The molecule has 0 aliphatic rings. The van der Waals surface area contributed by atoms with E-state index in [1.165, 1.54) is 116 Å². The van der Waals surface area contributed by atoms with E-state index >= 15 is 0 Å². The van der Waals surface area contributed by atoms with Gasteiger partial charge in [-0.1, -0.05) is 218 Å². The van der Waals surface area contributed by atoms with Gasteiger partial charge in [0.15, 0.2) is 0 Å². The third-order valence-electron chi connectivity index (χ3n) is 16.0. The van der Waals surface area contributed by atoms with E-state index in [-0.39, 0.29) is 0 Å². The van der Waals surface area contributed by atoms with Gasteiger partial charge in [-0.3, -0.25) is 0 Å². The first-order chi connectivity index (χ1) is 38.7. The van der Waals surface area contributed by atoms with Crippen LogP contribution in [0, 0.1) is 0 Å². The van der Waals surface area contributed by atoms with Crippen LogP contribution in [0.1, 0.15) is 0 Å². The molecule has 78 heavy (non-hydrogen) atoms. The molecule has 14 aromatic carbocycles. The lowest BCUT2D eigenvalue weighted by Crippen LogP contribution is -2.12. The van der Waals surface area contributed by atoms with Crippen LogP contribution in [0.25, 0.3) is 116 Å². The standard InChI is InChI=1S/C74H46N2S2/c1-3-21-53-47(17-1)19-13-29-55(53)49-37-41-51(42-38-49)75(67-33-15-31-63-61-27-9-11-35-71(61)77-73(63)67)69-45-65-58-24-6-8-26-60(58)70(46-66(65)57-23-5-7-25-59(57)69)76(68-34-16-32-64-62-28-10-12-36-72(62)78-74(64)68)52-43-39-50(40-44-52)56-30-14-20-48-18-2-4-22-54(48)56/h1-46H. The molecule has 0 saturated heterocycles. The zero-order chi connectivity index (χ0) is 51.3. The third kappa shape index (κ3) is 7.08. The Morgan fingerprint density at radius 1 is 0.218 bits per heavy atom. The van der Waals surface area contributed by atoms with Crippen molar-refractivity contribution < 1.29 is 0 Å². The molecule has 0 radical (unpaired) electrons. The van der Waals surface area contributed by atoms with Crippen molar-refractivity contribution in [2.75, 3.05) is 9.80 Å². The van der Waals surface area contributed by atoms with Crippen LogP contribution in [-0.4, -0.2) is 0 Å². The van der Waals surface area contributed by atoms with Crippen LogP contribution >= 0.6 is 22.7 Å². The number of hydrogen-bond donors (Lipinski definition) is 0. The zero-order valence-corrected chi connectivity index (χ0v) is 43.9. The van der Waals surface area contributed by atoms with Crippen molar-refractivity contribution in [1.29, 1.82) is 0 Å². The Balaban J connectivity index is 0.943. The second kappa shape index (κ2) is 18.0. The molecule has 2 aromatic heterocycles. The summed E-state index contributed by atoms with van der Waals surface area (Å²) in [6.45, 7) is 0. The van der Waals surface area contributed by atoms with E-state index in [4.69, 9.17) is 0 Å². The molecule has 0 spiro atoms. The minimum atomic E-state index is 1.10. The summed E-state index contributed by atoms with van der Waals surface area (Å²) < 4.78 is 5.09. The molecule has 2 heterocycles. The molecule has 16 rings (SSSR count). The van der Waals surface area contributed by atoms with Crippen LogP contribution < -0.4 is 9.80 Å². The fourth-order valence-electron chi connectivity index (χ4n) is 12.4. The molecule has 0 atom stereocenters.